The fourth-order valence-corrected chi connectivity index (χ4v) is 2.47. The zero-order valence-electron chi connectivity index (χ0n) is 11.1. The standard InChI is InChI=1S/C13H24N4/c1-12-10-13(16(2)15-12)11-14-6-9-17-7-4-3-5-8-17/h10,14H,3-9,11H2,1-2H3. The first-order valence-electron chi connectivity index (χ1n) is 6.68. The summed E-state index contributed by atoms with van der Waals surface area (Å²) in [7, 11) is 2.01. The van der Waals surface area contributed by atoms with Crippen LogP contribution in [0.1, 0.15) is 30.7 Å². The van der Waals surface area contributed by atoms with E-state index >= 15 is 0 Å². The number of aromatic nitrogens is 2. The molecule has 0 aliphatic carbocycles. The summed E-state index contributed by atoms with van der Waals surface area (Å²) in [5.74, 6) is 0. The highest BCUT2D eigenvalue weighted by molar-refractivity contribution is 5.08. The van der Waals surface area contributed by atoms with E-state index in [1.807, 2.05) is 18.7 Å². The summed E-state index contributed by atoms with van der Waals surface area (Å²) in [6, 6.07) is 2.15. The third-order valence-corrected chi connectivity index (χ3v) is 3.46. The lowest BCUT2D eigenvalue weighted by Gasteiger charge is -2.26. The molecule has 0 saturated carbocycles. The van der Waals surface area contributed by atoms with Crippen molar-refractivity contribution in [3.8, 4) is 0 Å². The van der Waals surface area contributed by atoms with E-state index in [4.69, 9.17) is 0 Å². The van der Waals surface area contributed by atoms with Crippen molar-refractivity contribution in [3.63, 3.8) is 0 Å². The number of rotatable bonds is 5. The molecule has 0 spiro atoms. The maximum absolute atomic E-state index is 4.35. The zero-order valence-corrected chi connectivity index (χ0v) is 11.1. The van der Waals surface area contributed by atoms with Crippen LogP contribution in [0.2, 0.25) is 0 Å². The lowest BCUT2D eigenvalue weighted by molar-refractivity contribution is 0.229. The summed E-state index contributed by atoms with van der Waals surface area (Å²) in [5, 5.41) is 7.85. The Morgan fingerprint density at radius 1 is 1.29 bits per heavy atom. The van der Waals surface area contributed by atoms with E-state index in [1.165, 1.54) is 44.6 Å². The Morgan fingerprint density at radius 2 is 2.06 bits per heavy atom. The van der Waals surface area contributed by atoms with Crippen LogP contribution in [0.4, 0.5) is 0 Å². The zero-order chi connectivity index (χ0) is 12.1. The third kappa shape index (κ3) is 3.82. The van der Waals surface area contributed by atoms with Crippen molar-refractivity contribution in [2.45, 2.75) is 32.7 Å². The normalized spacial score (nSPS) is 17.5. The largest absolute Gasteiger partial charge is 0.310 e. The van der Waals surface area contributed by atoms with Gasteiger partial charge in [0.15, 0.2) is 0 Å². The Balaban J connectivity index is 1.64. The van der Waals surface area contributed by atoms with E-state index in [-0.39, 0.29) is 0 Å². The van der Waals surface area contributed by atoms with Crippen molar-refractivity contribution in [2.24, 2.45) is 7.05 Å². The molecule has 0 aromatic carbocycles. The highest BCUT2D eigenvalue weighted by Crippen LogP contribution is 2.07. The van der Waals surface area contributed by atoms with Crippen molar-refractivity contribution in [2.75, 3.05) is 26.2 Å². The molecule has 96 valence electrons. The molecule has 17 heavy (non-hydrogen) atoms. The Labute approximate surface area is 104 Å². The predicted molar refractivity (Wildman–Crippen MR) is 69.9 cm³/mol. The Hall–Kier alpha value is -0.870. The van der Waals surface area contributed by atoms with Crippen molar-refractivity contribution in [3.05, 3.63) is 17.5 Å². The molecule has 0 atom stereocenters. The van der Waals surface area contributed by atoms with Crippen LogP contribution >= 0.6 is 0 Å². The van der Waals surface area contributed by atoms with Crippen molar-refractivity contribution >= 4 is 0 Å². The second-order valence-corrected chi connectivity index (χ2v) is 4.98. The smallest absolute Gasteiger partial charge is 0.0597 e. The minimum Gasteiger partial charge on any atom is -0.310 e. The maximum Gasteiger partial charge on any atom is 0.0597 e. The van der Waals surface area contributed by atoms with Crippen molar-refractivity contribution in [1.82, 2.24) is 20.0 Å². The molecule has 1 fully saturated rings. The van der Waals surface area contributed by atoms with Gasteiger partial charge in [0, 0.05) is 26.7 Å². The molecule has 0 bridgehead atoms. The number of hydrogen-bond acceptors (Lipinski definition) is 3. The topological polar surface area (TPSA) is 33.1 Å². The van der Waals surface area contributed by atoms with Gasteiger partial charge in [-0.25, -0.2) is 0 Å². The van der Waals surface area contributed by atoms with Gasteiger partial charge in [-0.3, -0.25) is 4.68 Å². The number of hydrogen-bond donors (Lipinski definition) is 1. The van der Waals surface area contributed by atoms with E-state index in [2.05, 4.69) is 21.4 Å². The minimum absolute atomic E-state index is 0.922. The molecule has 1 saturated heterocycles. The fraction of sp³-hybridized carbons (Fsp3) is 0.769. The molecule has 0 unspecified atom stereocenters. The Kier molecular flexibility index (Phi) is 4.57. The summed E-state index contributed by atoms with van der Waals surface area (Å²) >= 11 is 0. The monoisotopic (exact) mass is 236 g/mol. The first kappa shape index (κ1) is 12.6. The third-order valence-electron chi connectivity index (χ3n) is 3.46. The van der Waals surface area contributed by atoms with E-state index in [0.717, 1.165) is 18.8 Å². The first-order chi connectivity index (χ1) is 8.25. The lowest BCUT2D eigenvalue weighted by Crippen LogP contribution is -2.35. The van der Waals surface area contributed by atoms with Crippen LogP contribution in [0.25, 0.3) is 0 Å². The van der Waals surface area contributed by atoms with Gasteiger partial charge in [-0.2, -0.15) is 5.10 Å². The molecule has 4 nitrogen and oxygen atoms in total. The van der Waals surface area contributed by atoms with Gasteiger partial charge in [-0.15, -0.1) is 0 Å². The number of nitrogens with one attached hydrogen (secondary N) is 1. The highest BCUT2D eigenvalue weighted by atomic mass is 15.3. The SMILES string of the molecule is Cc1cc(CNCCN2CCCCC2)n(C)n1. The molecule has 1 aromatic heterocycles. The van der Waals surface area contributed by atoms with Gasteiger partial charge >= 0.3 is 0 Å². The van der Waals surface area contributed by atoms with Gasteiger partial charge < -0.3 is 10.2 Å². The van der Waals surface area contributed by atoms with Crippen LogP contribution in [0.15, 0.2) is 6.07 Å². The predicted octanol–water partition coefficient (Wildman–Crippen LogP) is 1.30. The van der Waals surface area contributed by atoms with Crippen LogP contribution in [0.5, 0.6) is 0 Å². The van der Waals surface area contributed by atoms with Crippen LogP contribution in [-0.4, -0.2) is 40.9 Å². The molecule has 1 aliphatic heterocycles. The number of piperidine rings is 1. The Bertz CT molecular complexity index is 339. The number of nitrogens with zero attached hydrogens (tertiary/aromatic N) is 3. The summed E-state index contributed by atoms with van der Waals surface area (Å²) < 4.78 is 1.96. The lowest BCUT2D eigenvalue weighted by atomic mass is 10.1. The van der Waals surface area contributed by atoms with Gasteiger partial charge in [-0.1, -0.05) is 6.42 Å². The second-order valence-electron chi connectivity index (χ2n) is 4.98. The molecule has 1 N–H and O–H groups in total. The second kappa shape index (κ2) is 6.17. The molecular weight excluding hydrogens is 212 g/mol. The van der Waals surface area contributed by atoms with E-state index < -0.39 is 0 Å². The van der Waals surface area contributed by atoms with Crippen molar-refractivity contribution in [1.29, 1.82) is 0 Å². The van der Waals surface area contributed by atoms with Gasteiger partial charge in [-0.05, 0) is 38.9 Å². The van der Waals surface area contributed by atoms with E-state index in [9.17, 15) is 0 Å². The first-order valence-corrected chi connectivity index (χ1v) is 6.68. The summed E-state index contributed by atoms with van der Waals surface area (Å²) in [4.78, 5) is 2.56. The molecule has 1 aromatic rings. The summed E-state index contributed by atoms with van der Waals surface area (Å²) in [6.07, 6.45) is 4.17. The van der Waals surface area contributed by atoms with Gasteiger partial charge in [0.1, 0.15) is 0 Å². The highest BCUT2D eigenvalue weighted by Gasteiger charge is 2.09. The molecule has 4 heteroatoms. The molecule has 2 rings (SSSR count). The van der Waals surface area contributed by atoms with E-state index in [1.54, 1.807) is 0 Å². The number of likely N-dealkylation sites (tertiary alicyclic amines) is 1. The average molecular weight is 236 g/mol. The quantitative estimate of drug-likeness (QED) is 0.782. The van der Waals surface area contributed by atoms with Crippen LogP contribution in [-0.2, 0) is 13.6 Å². The average Bonchev–Trinajstić information content (AvgIpc) is 2.65. The minimum atomic E-state index is 0.922. The Morgan fingerprint density at radius 3 is 2.71 bits per heavy atom. The summed E-state index contributed by atoms with van der Waals surface area (Å²) in [5.41, 5.74) is 2.36. The van der Waals surface area contributed by atoms with Crippen LogP contribution in [0, 0.1) is 6.92 Å². The molecule has 0 amide bonds. The van der Waals surface area contributed by atoms with Crippen LogP contribution in [0.3, 0.4) is 0 Å². The molecular formula is C13H24N4. The van der Waals surface area contributed by atoms with E-state index in [0.29, 0.717) is 0 Å². The van der Waals surface area contributed by atoms with Gasteiger partial charge in [0.2, 0.25) is 0 Å². The molecule has 2 heterocycles. The fourth-order valence-electron chi connectivity index (χ4n) is 2.47. The molecule has 0 radical (unpaired) electrons. The number of aryl methyl sites for hydroxylation is 2. The van der Waals surface area contributed by atoms with Gasteiger partial charge in [0.25, 0.3) is 0 Å². The van der Waals surface area contributed by atoms with Crippen LogP contribution < -0.4 is 5.32 Å². The maximum atomic E-state index is 4.35. The molecule has 1 aliphatic rings. The summed E-state index contributed by atoms with van der Waals surface area (Å²) in [6.45, 7) is 7.78. The van der Waals surface area contributed by atoms with Gasteiger partial charge in [0.05, 0.1) is 11.4 Å². The van der Waals surface area contributed by atoms with Crippen molar-refractivity contribution < 1.29 is 0 Å².